The van der Waals surface area contributed by atoms with Crippen LogP contribution in [0.5, 0.6) is 0 Å². The molecule has 0 aliphatic carbocycles. The van der Waals surface area contributed by atoms with Crippen LogP contribution in [0, 0.1) is 11.3 Å². The van der Waals surface area contributed by atoms with Gasteiger partial charge in [-0.2, -0.15) is 14.6 Å². The van der Waals surface area contributed by atoms with Crippen molar-refractivity contribution < 1.29 is 17.6 Å². The van der Waals surface area contributed by atoms with Gasteiger partial charge in [0.05, 0.1) is 10.3 Å². The van der Waals surface area contributed by atoms with E-state index >= 15 is 0 Å². The Hall–Kier alpha value is -3.00. The van der Waals surface area contributed by atoms with E-state index in [1.807, 2.05) is 6.07 Å². The number of anilines is 1. The van der Waals surface area contributed by atoms with Crippen molar-refractivity contribution in [2.24, 2.45) is 0 Å². The van der Waals surface area contributed by atoms with Crippen LogP contribution in [0.25, 0.3) is 17.4 Å². The Balaban J connectivity index is 1.79. The van der Waals surface area contributed by atoms with E-state index in [2.05, 4.69) is 14.7 Å². The first-order valence-corrected chi connectivity index (χ1v) is 11.3. The standard InChI is InChI=1S/C19H15ClN4O4S2/c1-11(2)30(26,27)19-23-18(29-24-19)22-17(25)12(10-21)9-13-7-8-16(28-13)14-5-3-4-6-15(14)20/h3-9,11H,1-2H3,(H,22,23,24,25). The Morgan fingerprint density at radius 2 is 2.03 bits per heavy atom. The highest BCUT2D eigenvalue weighted by Gasteiger charge is 2.25. The summed E-state index contributed by atoms with van der Waals surface area (Å²) in [6.45, 7) is 3.01. The van der Waals surface area contributed by atoms with Gasteiger partial charge in [0, 0.05) is 23.2 Å². The Morgan fingerprint density at radius 1 is 1.30 bits per heavy atom. The van der Waals surface area contributed by atoms with Crippen molar-refractivity contribution in [3.63, 3.8) is 0 Å². The molecule has 0 atom stereocenters. The van der Waals surface area contributed by atoms with Crippen molar-refractivity contribution in [2.75, 3.05) is 5.32 Å². The topological polar surface area (TPSA) is 126 Å². The van der Waals surface area contributed by atoms with Gasteiger partial charge >= 0.3 is 0 Å². The predicted octanol–water partition coefficient (Wildman–Crippen LogP) is 4.18. The zero-order valence-corrected chi connectivity index (χ0v) is 18.2. The van der Waals surface area contributed by atoms with Crippen LogP contribution >= 0.6 is 23.1 Å². The average Bonchev–Trinajstić information content (AvgIpc) is 3.36. The number of halogens is 1. The first kappa shape index (κ1) is 21.7. The molecule has 2 aromatic heterocycles. The summed E-state index contributed by atoms with van der Waals surface area (Å²) in [5, 5.41) is 11.1. The quantitative estimate of drug-likeness (QED) is 0.430. The maximum atomic E-state index is 12.4. The highest BCUT2D eigenvalue weighted by molar-refractivity contribution is 7.91. The van der Waals surface area contributed by atoms with Crippen molar-refractivity contribution in [3.8, 4) is 17.4 Å². The van der Waals surface area contributed by atoms with Crippen LogP contribution in [0.2, 0.25) is 5.02 Å². The maximum Gasteiger partial charge on any atom is 0.268 e. The van der Waals surface area contributed by atoms with Gasteiger partial charge in [0.2, 0.25) is 15.0 Å². The summed E-state index contributed by atoms with van der Waals surface area (Å²) >= 11 is 6.86. The van der Waals surface area contributed by atoms with Gasteiger partial charge in [0.25, 0.3) is 11.1 Å². The molecule has 0 spiro atoms. The molecule has 0 aliphatic rings. The summed E-state index contributed by atoms with van der Waals surface area (Å²) in [6, 6.07) is 12.2. The summed E-state index contributed by atoms with van der Waals surface area (Å²) in [6.07, 6.45) is 1.27. The molecule has 1 aromatic carbocycles. The number of nitrogens with zero attached hydrogens (tertiary/aromatic N) is 3. The number of carbonyl (C=O) groups is 1. The van der Waals surface area contributed by atoms with E-state index in [-0.39, 0.29) is 21.6 Å². The maximum absolute atomic E-state index is 12.4. The minimum absolute atomic E-state index is 0.0309. The molecule has 0 fully saturated rings. The largest absolute Gasteiger partial charge is 0.457 e. The molecule has 154 valence electrons. The lowest BCUT2D eigenvalue weighted by Gasteiger charge is -2.02. The molecule has 8 nitrogen and oxygen atoms in total. The fourth-order valence-electron chi connectivity index (χ4n) is 2.28. The number of nitrogens with one attached hydrogen (secondary N) is 1. The Kier molecular flexibility index (Phi) is 6.36. The van der Waals surface area contributed by atoms with E-state index in [0.717, 1.165) is 0 Å². The molecule has 0 saturated heterocycles. The number of benzene rings is 1. The van der Waals surface area contributed by atoms with Crippen LogP contribution in [-0.4, -0.2) is 28.9 Å². The van der Waals surface area contributed by atoms with Gasteiger partial charge in [-0.05, 0) is 38.1 Å². The third-order valence-electron chi connectivity index (χ3n) is 3.92. The average molecular weight is 463 g/mol. The molecule has 11 heteroatoms. The number of hydrogen-bond donors (Lipinski definition) is 1. The minimum atomic E-state index is -3.66. The second kappa shape index (κ2) is 8.79. The number of carbonyl (C=O) groups excluding carboxylic acids is 1. The molecular weight excluding hydrogens is 448 g/mol. The summed E-state index contributed by atoms with van der Waals surface area (Å²) < 4.78 is 33.6. The number of furan rings is 1. The molecule has 0 radical (unpaired) electrons. The Labute approximate surface area is 181 Å². The normalized spacial score (nSPS) is 12.0. The molecular formula is C19H15ClN4O4S2. The van der Waals surface area contributed by atoms with Gasteiger partial charge in [0.15, 0.2) is 0 Å². The number of amides is 1. The lowest BCUT2D eigenvalue weighted by Crippen LogP contribution is -2.16. The highest BCUT2D eigenvalue weighted by Crippen LogP contribution is 2.29. The van der Waals surface area contributed by atoms with E-state index in [4.69, 9.17) is 16.0 Å². The molecule has 1 amide bonds. The predicted molar refractivity (Wildman–Crippen MR) is 114 cm³/mol. The highest BCUT2D eigenvalue weighted by atomic mass is 35.5. The third-order valence-corrected chi connectivity index (χ3v) is 6.93. The molecule has 0 saturated carbocycles. The van der Waals surface area contributed by atoms with Crippen LogP contribution in [-0.2, 0) is 14.6 Å². The summed E-state index contributed by atoms with van der Waals surface area (Å²) in [4.78, 5) is 16.2. The zero-order chi connectivity index (χ0) is 21.9. The Bertz CT molecular complexity index is 1270. The first-order valence-electron chi connectivity index (χ1n) is 8.58. The number of hydrogen-bond acceptors (Lipinski definition) is 8. The second-order valence-corrected chi connectivity index (χ2v) is 9.84. The van der Waals surface area contributed by atoms with Crippen LogP contribution < -0.4 is 5.32 Å². The van der Waals surface area contributed by atoms with Crippen molar-refractivity contribution in [2.45, 2.75) is 24.3 Å². The molecule has 0 aliphatic heterocycles. The van der Waals surface area contributed by atoms with Crippen molar-refractivity contribution in [3.05, 3.63) is 52.8 Å². The molecule has 2 heterocycles. The van der Waals surface area contributed by atoms with Gasteiger partial charge in [0.1, 0.15) is 23.2 Å². The molecule has 1 N–H and O–H groups in total. The monoisotopic (exact) mass is 462 g/mol. The van der Waals surface area contributed by atoms with Crippen molar-refractivity contribution in [1.29, 1.82) is 5.26 Å². The van der Waals surface area contributed by atoms with Gasteiger partial charge in [-0.3, -0.25) is 10.1 Å². The molecule has 30 heavy (non-hydrogen) atoms. The third kappa shape index (κ3) is 4.59. The summed E-state index contributed by atoms with van der Waals surface area (Å²) in [5.74, 6) is -0.00741. The minimum Gasteiger partial charge on any atom is -0.457 e. The molecule has 3 rings (SSSR count). The van der Waals surface area contributed by atoms with Crippen LogP contribution in [0.15, 0.2) is 51.5 Å². The molecule has 0 unspecified atom stereocenters. The van der Waals surface area contributed by atoms with E-state index in [1.54, 1.807) is 36.4 Å². The van der Waals surface area contributed by atoms with E-state index in [0.29, 0.717) is 27.9 Å². The Morgan fingerprint density at radius 3 is 2.70 bits per heavy atom. The van der Waals surface area contributed by atoms with Crippen LogP contribution in [0.4, 0.5) is 5.13 Å². The smallest absolute Gasteiger partial charge is 0.268 e. The fourth-order valence-corrected chi connectivity index (χ4v) is 4.20. The number of nitriles is 1. The number of rotatable bonds is 6. The SMILES string of the molecule is CC(C)S(=O)(=O)c1nsc(NC(=O)C(C#N)=Cc2ccc(-c3ccccc3Cl)o2)n1. The van der Waals surface area contributed by atoms with Crippen LogP contribution in [0.3, 0.4) is 0 Å². The van der Waals surface area contributed by atoms with Crippen molar-refractivity contribution in [1.82, 2.24) is 9.36 Å². The molecule has 3 aromatic rings. The second-order valence-electron chi connectivity index (χ2n) is 6.28. The van der Waals surface area contributed by atoms with Crippen LogP contribution in [0.1, 0.15) is 19.6 Å². The number of sulfone groups is 1. The summed E-state index contributed by atoms with van der Waals surface area (Å²) in [5.41, 5.74) is 0.424. The summed E-state index contributed by atoms with van der Waals surface area (Å²) in [7, 11) is -3.66. The van der Waals surface area contributed by atoms with Gasteiger partial charge < -0.3 is 4.42 Å². The molecule has 0 bridgehead atoms. The van der Waals surface area contributed by atoms with E-state index in [1.165, 1.54) is 19.9 Å². The van der Waals surface area contributed by atoms with E-state index < -0.39 is 21.0 Å². The lowest BCUT2D eigenvalue weighted by molar-refractivity contribution is -0.112. The number of aromatic nitrogens is 2. The van der Waals surface area contributed by atoms with Gasteiger partial charge in [-0.15, -0.1) is 0 Å². The van der Waals surface area contributed by atoms with E-state index in [9.17, 15) is 18.5 Å². The fraction of sp³-hybridized carbons (Fsp3) is 0.158. The van der Waals surface area contributed by atoms with Gasteiger partial charge in [-0.25, -0.2) is 8.42 Å². The first-order chi connectivity index (χ1) is 14.2. The lowest BCUT2D eigenvalue weighted by atomic mass is 10.2. The van der Waals surface area contributed by atoms with Gasteiger partial charge in [-0.1, -0.05) is 23.7 Å². The zero-order valence-electron chi connectivity index (χ0n) is 15.8. The van der Waals surface area contributed by atoms with Crippen molar-refractivity contribution >= 4 is 50.1 Å².